The van der Waals surface area contributed by atoms with Gasteiger partial charge in [0.25, 0.3) is 11.8 Å². The van der Waals surface area contributed by atoms with Crippen LogP contribution >= 0.6 is 11.6 Å². The Kier molecular flexibility index (Phi) is 5.01. The van der Waals surface area contributed by atoms with Gasteiger partial charge in [0.1, 0.15) is 0 Å². The van der Waals surface area contributed by atoms with Crippen LogP contribution in [-0.4, -0.2) is 25.9 Å². The van der Waals surface area contributed by atoms with Crippen molar-refractivity contribution in [3.8, 4) is 0 Å². The molecule has 2 N–H and O–H groups in total. The first-order valence-corrected chi connectivity index (χ1v) is 6.99. The summed E-state index contributed by atoms with van der Waals surface area (Å²) in [4.78, 5) is 25.9. The fourth-order valence-electron chi connectivity index (χ4n) is 1.81. The van der Waals surface area contributed by atoms with Gasteiger partial charge in [-0.15, -0.1) is 0 Å². The topological polar surface area (TPSA) is 61.4 Å². The van der Waals surface area contributed by atoms with Crippen LogP contribution in [0.5, 0.6) is 0 Å². The second kappa shape index (κ2) is 6.95. The van der Waals surface area contributed by atoms with E-state index in [4.69, 9.17) is 11.6 Å². The Morgan fingerprint density at radius 2 is 1.45 bits per heavy atom. The molecular weight excluding hydrogens is 302 g/mol. The van der Waals surface area contributed by atoms with Crippen molar-refractivity contribution in [2.24, 2.45) is 0 Å². The number of nitrogens with one attached hydrogen (secondary N) is 2. The molecule has 0 aliphatic carbocycles. The van der Waals surface area contributed by atoms with Crippen molar-refractivity contribution in [3.05, 3.63) is 64.7 Å². The van der Waals surface area contributed by atoms with Gasteiger partial charge in [-0.3, -0.25) is 20.4 Å². The molecule has 0 heterocycles. The molecular formula is C16H16ClN3O2. The summed E-state index contributed by atoms with van der Waals surface area (Å²) >= 11 is 5.82. The predicted octanol–water partition coefficient (Wildman–Crippen LogP) is 2.48. The fourth-order valence-corrected chi connectivity index (χ4v) is 2.00. The third-order valence-corrected chi connectivity index (χ3v) is 3.24. The highest BCUT2D eigenvalue weighted by Gasteiger charge is 2.10. The lowest BCUT2D eigenvalue weighted by molar-refractivity contribution is 0.0846. The van der Waals surface area contributed by atoms with Crippen molar-refractivity contribution in [2.45, 2.75) is 0 Å². The van der Waals surface area contributed by atoms with Gasteiger partial charge in [-0.25, -0.2) is 0 Å². The minimum Gasteiger partial charge on any atom is -0.378 e. The molecule has 114 valence electrons. The summed E-state index contributed by atoms with van der Waals surface area (Å²) in [6, 6.07) is 13.6. The Morgan fingerprint density at radius 1 is 0.909 bits per heavy atom. The molecule has 5 nitrogen and oxygen atoms in total. The zero-order chi connectivity index (χ0) is 16.1. The number of rotatable bonds is 3. The number of benzene rings is 2. The molecule has 0 saturated heterocycles. The van der Waals surface area contributed by atoms with Gasteiger partial charge < -0.3 is 4.90 Å². The van der Waals surface area contributed by atoms with Gasteiger partial charge in [-0.1, -0.05) is 23.7 Å². The molecule has 0 bridgehead atoms. The van der Waals surface area contributed by atoms with Gasteiger partial charge >= 0.3 is 0 Å². The van der Waals surface area contributed by atoms with E-state index in [2.05, 4.69) is 10.9 Å². The van der Waals surface area contributed by atoms with E-state index >= 15 is 0 Å². The van der Waals surface area contributed by atoms with Crippen LogP contribution < -0.4 is 15.8 Å². The summed E-state index contributed by atoms with van der Waals surface area (Å²) in [7, 11) is 3.77. The van der Waals surface area contributed by atoms with E-state index in [0.717, 1.165) is 5.69 Å². The zero-order valence-electron chi connectivity index (χ0n) is 12.3. The molecule has 0 radical (unpaired) electrons. The summed E-state index contributed by atoms with van der Waals surface area (Å²) in [6.07, 6.45) is 0. The van der Waals surface area contributed by atoms with Gasteiger partial charge in [-0.05, 0) is 36.4 Å². The summed E-state index contributed by atoms with van der Waals surface area (Å²) in [5, 5.41) is 0.456. The summed E-state index contributed by atoms with van der Waals surface area (Å²) in [5.74, 6) is -0.821. The van der Waals surface area contributed by atoms with Crippen LogP contribution in [0, 0.1) is 0 Å². The van der Waals surface area contributed by atoms with Crippen LogP contribution in [0.1, 0.15) is 20.7 Å². The lowest BCUT2D eigenvalue weighted by Gasteiger charge is -2.13. The number of anilines is 1. The van der Waals surface area contributed by atoms with Crippen molar-refractivity contribution in [1.82, 2.24) is 10.9 Å². The Labute approximate surface area is 133 Å². The van der Waals surface area contributed by atoms with Gasteiger partial charge in [0.05, 0.1) is 0 Å². The molecule has 0 aliphatic heterocycles. The number of amides is 2. The summed E-state index contributed by atoms with van der Waals surface area (Å²) in [6.45, 7) is 0. The van der Waals surface area contributed by atoms with Gasteiger partial charge in [0.15, 0.2) is 0 Å². The predicted molar refractivity (Wildman–Crippen MR) is 87.2 cm³/mol. The third-order valence-electron chi connectivity index (χ3n) is 3.00. The van der Waals surface area contributed by atoms with E-state index < -0.39 is 5.91 Å². The van der Waals surface area contributed by atoms with Gasteiger partial charge in [0, 0.05) is 35.9 Å². The molecule has 22 heavy (non-hydrogen) atoms. The smallest absolute Gasteiger partial charge is 0.269 e. The second-order valence-corrected chi connectivity index (χ2v) is 5.30. The maximum absolute atomic E-state index is 12.1. The number of hydrazine groups is 1. The van der Waals surface area contributed by atoms with Crippen LogP contribution in [0.15, 0.2) is 48.5 Å². The lowest BCUT2D eigenvalue weighted by atomic mass is 10.2. The maximum atomic E-state index is 12.1. The van der Waals surface area contributed by atoms with Crippen molar-refractivity contribution in [3.63, 3.8) is 0 Å². The molecule has 0 aliphatic rings. The van der Waals surface area contributed by atoms with Crippen molar-refractivity contribution >= 4 is 29.1 Å². The van der Waals surface area contributed by atoms with Crippen LogP contribution in [0.4, 0.5) is 5.69 Å². The minimum atomic E-state index is -0.431. The summed E-state index contributed by atoms with van der Waals surface area (Å²) < 4.78 is 0. The van der Waals surface area contributed by atoms with Crippen molar-refractivity contribution in [1.29, 1.82) is 0 Å². The minimum absolute atomic E-state index is 0.370. The Morgan fingerprint density at radius 3 is 2.00 bits per heavy atom. The number of nitrogens with zero attached hydrogens (tertiary/aromatic N) is 1. The van der Waals surface area contributed by atoms with Crippen LogP contribution in [0.3, 0.4) is 0 Å². The van der Waals surface area contributed by atoms with E-state index in [1.54, 1.807) is 36.4 Å². The first kappa shape index (κ1) is 15.9. The first-order chi connectivity index (χ1) is 10.5. The van der Waals surface area contributed by atoms with Crippen LogP contribution in [0.2, 0.25) is 5.02 Å². The number of carbonyl (C=O) groups excluding carboxylic acids is 2. The number of carbonyl (C=O) groups is 2. The van der Waals surface area contributed by atoms with Crippen molar-refractivity contribution in [2.75, 3.05) is 19.0 Å². The van der Waals surface area contributed by atoms with E-state index in [1.807, 2.05) is 25.1 Å². The molecule has 0 saturated carbocycles. The second-order valence-electron chi connectivity index (χ2n) is 4.86. The molecule has 0 atom stereocenters. The largest absolute Gasteiger partial charge is 0.378 e. The normalized spacial score (nSPS) is 9.95. The van der Waals surface area contributed by atoms with E-state index in [0.29, 0.717) is 16.1 Å². The summed E-state index contributed by atoms with van der Waals surface area (Å²) in [5.41, 5.74) is 6.47. The SMILES string of the molecule is CN(C)c1cccc(C(=O)NNC(=O)c2cccc(Cl)c2)c1. The molecule has 6 heteroatoms. The van der Waals surface area contributed by atoms with E-state index in [-0.39, 0.29) is 5.91 Å². The van der Waals surface area contributed by atoms with E-state index in [9.17, 15) is 9.59 Å². The van der Waals surface area contributed by atoms with Gasteiger partial charge in [-0.2, -0.15) is 0 Å². The Bertz CT molecular complexity index is 701. The molecule has 2 amide bonds. The highest BCUT2D eigenvalue weighted by molar-refractivity contribution is 6.30. The molecule has 2 aromatic carbocycles. The maximum Gasteiger partial charge on any atom is 0.269 e. The Balaban J connectivity index is 2.01. The van der Waals surface area contributed by atoms with Crippen LogP contribution in [-0.2, 0) is 0 Å². The molecule has 0 aromatic heterocycles. The monoisotopic (exact) mass is 317 g/mol. The molecule has 0 fully saturated rings. The van der Waals surface area contributed by atoms with E-state index in [1.165, 1.54) is 6.07 Å². The molecule has 2 aromatic rings. The van der Waals surface area contributed by atoms with Crippen molar-refractivity contribution < 1.29 is 9.59 Å². The average molecular weight is 318 g/mol. The highest BCUT2D eigenvalue weighted by atomic mass is 35.5. The average Bonchev–Trinajstić information content (AvgIpc) is 2.52. The molecule has 0 spiro atoms. The molecule has 2 rings (SSSR count). The van der Waals surface area contributed by atoms with Crippen LogP contribution in [0.25, 0.3) is 0 Å². The zero-order valence-corrected chi connectivity index (χ0v) is 13.0. The quantitative estimate of drug-likeness (QED) is 0.855. The Hall–Kier alpha value is -2.53. The number of hydrogen-bond acceptors (Lipinski definition) is 3. The van der Waals surface area contributed by atoms with Gasteiger partial charge in [0.2, 0.25) is 0 Å². The molecule has 0 unspecified atom stereocenters. The highest BCUT2D eigenvalue weighted by Crippen LogP contribution is 2.13. The standard InChI is InChI=1S/C16H16ClN3O2/c1-20(2)14-8-4-6-12(10-14)16(22)19-18-15(21)11-5-3-7-13(17)9-11/h3-10H,1-2H3,(H,18,21)(H,19,22). The number of hydrogen-bond donors (Lipinski definition) is 2. The first-order valence-electron chi connectivity index (χ1n) is 6.61. The fraction of sp³-hybridized carbons (Fsp3) is 0.125. The number of halogens is 1. The lowest BCUT2D eigenvalue weighted by Crippen LogP contribution is -2.41. The third kappa shape index (κ3) is 3.99.